The van der Waals surface area contributed by atoms with Crippen LogP contribution in [0.5, 0.6) is 11.5 Å². The Balaban J connectivity index is 1.86. The van der Waals surface area contributed by atoms with E-state index in [0.717, 1.165) is 36.4 Å². The number of halogens is 2. The second-order valence-electron chi connectivity index (χ2n) is 5.82. The van der Waals surface area contributed by atoms with Gasteiger partial charge in [0.15, 0.2) is 0 Å². The summed E-state index contributed by atoms with van der Waals surface area (Å²) in [4.78, 5) is 14.5. The Kier molecular flexibility index (Phi) is 4.17. The normalized spacial score (nSPS) is 25.9. The first-order chi connectivity index (χ1) is 10.5. The summed E-state index contributed by atoms with van der Waals surface area (Å²) in [5.74, 6) is 1.24. The van der Waals surface area contributed by atoms with Crippen LogP contribution < -0.4 is 9.47 Å². The van der Waals surface area contributed by atoms with Crippen molar-refractivity contribution in [1.29, 1.82) is 0 Å². The van der Waals surface area contributed by atoms with Crippen molar-refractivity contribution in [3.05, 3.63) is 23.8 Å². The van der Waals surface area contributed by atoms with E-state index in [9.17, 15) is 4.79 Å². The van der Waals surface area contributed by atoms with E-state index in [0.29, 0.717) is 6.42 Å². The molecule has 1 saturated carbocycles. The number of alkyl halides is 2. The van der Waals surface area contributed by atoms with Gasteiger partial charge in [0, 0.05) is 18.2 Å². The first-order valence-electron chi connectivity index (χ1n) is 7.38. The third-order valence-corrected chi connectivity index (χ3v) is 5.30. The van der Waals surface area contributed by atoms with Crippen LogP contribution in [0.15, 0.2) is 18.2 Å². The highest BCUT2D eigenvalue weighted by Crippen LogP contribution is 2.55. The fourth-order valence-corrected chi connectivity index (χ4v) is 3.62. The first-order valence-corrected chi connectivity index (χ1v) is 8.13. The third-order valence-electron chi connectivity index (χ3n) is 4.46. The summed E-state index contributed by atoms with van der Waals surface area (Å²) in [5.41, 5.74) is 1.00. The first kappa shape index (κ1) is 15.8. The standard InChI is InChI=1S/C16H19Cl2NO3/c1-21-10-5-6-11(14(8-10)22-2)13-4-3-7-19(13)15(20)12-9-16(12,17)18/h5-6,8,12-13H,3-4,7,9H2,1-2H3/t12-,13-/m1/s1. The number of rotatable bonds is 4. The van der Waals surface area contributed by atoms with E-state index in [4.69, 9.17) is 32.7 Å². The Morgan fingerprint density at radius 1 is 1.32 bits per heavy atom. The Morgan fingerprint density at radius 3 is 2.64 bits per heavy atom. The second kappa shape index (κ2) is 5.82. The lowest BCUT2D eigenvalue weighted by Crippen LogP contribution is -2.33. The molecule has 0 radical (unpaired) electrons. The molecule has 4 nitrogen and oxygen atoms in total. The molecule has 0 spiro atoms. The van der Waals surface area contributed by atoms with Gasteiger partial charge in [-0.05, 0) is 31.4 Å². The van der Waals surface area contributed by atoms with Crippen LogP contribution in [0.1, 0.15) is 30.9 Å². The molecule has 6 heteroatoms. The fourth-order valence-electron chi connectivity index (χ4n) is 3.13. The summed E-state index contributed by atoms with van der Waals surface area (Å²) in [6.07, 6.45) is 2.42. The van der Waals surface area contributed by atoms with Gasteiger partial charge in [0.25, 0.3) is 0 Å². The predicted molar refractivity (Wildman–Crippen MR) is 85.8 cm³/mol. The minimum atomic E-state index is -0.881. The van der Waals surface area contributed by atoms with Crippen molar-refractivity contribution in [1.82, 2.24) is 4.90 Å². The molecule has 1 heterocycles. The zero-order chi connectivity index (χ0) is 15.9. The van der Waals surface area contributed by atoms with Gasteiger partial charge >= 0.3 is 0 Å². The number of carbonyl (C=O) groups is 1. The van der Waals surface area contributed by atoms with Gasteiger partial charge in [-0.15, -0.1) is 23.2 Å². The molecule has 1 aliphatic carbocycles. The summed E-state index contributed by atoms with van der Waals surface area (Å²) in [7, 11) is 3.25. The molecule has 1 aromatic rings. The van der Waals surface area contributed by atoms with Gasteiger partial charge in [0.1, 0.15) is 15.8 Å². The van der Waals surface area contributed by atoms with E-state index in [1.165, 1.54) is 0 Å². The fraction of sp³-hybridized carbons (Fsp3) is 0.562. The molecule has 0 unspecified atom stereocenters. The third kappa shape index (κ3) is 2.74. The highest BCUT2D eigenvalue weighted by Gasteiger charge is 2.58. The van der Waals surface area contributed by atoms with Crippen molar-refractivity contribution in [2.75, 3.05) is 20.8 Å². The number of methoxy groups -OCH3 is 2. The number of likely N-dealkylation sites (tertiary alicyclic amines) is 1. The van der Waals surface area contributed by atoms with Crippen molar-refractivity contribution in [2.24, 2.45) is 5.92 Å². The molecule has 1 saturated heterocycles. The highest BCUT2D eigenvalue weighted by atomic mass is 35.5. The summed E-state index contributed by atoms with van der Waals surface area (Å²) < 4.78 is 9.82. The van der Waals surface area contributed by atoms with Crippen molar-refractivity contribution in [3.63, 3.8) is 0 Å². The van der Waals surface area contributed by atoms with Crippen LogP contribution in [0, 0.1) is 5.92 Å². The van der Waals surface area contributed by atoms with Gasteiger partial charge in [-0.25, -0.2) is 0 Å². The van der Waals surface area contributed by atoms with Crippen LogP contribution in [-0.4, -0.2) is 35.9 Å². The van der Waals surface area contributed by atoms with Gasteiger partial charge < -0.3 is 14.4 Å². The molecule has 0 bridgehead atoms. The molecular weight excluding hydrogens is 325 g/mol. The van der Waals surface area contributed by atoms with Gasteiger partial charge in [-0.1, -0.05) is 0 Å². The van der Waals surface area contributed by atoms with E-state index in [1.807, 2.05) is 23.1 Å². The van der Waals surface area contributed by atoms with E-state index < -0.39 is 4.33 Å². The molecule has 2 fully saturated rings. The summed E-state index contributed by atoms with van der Waals surface area (Å²) >= 11 is 12.1. The number of hydrogen-bond acceptors (Lipinski definition) is 3. The minimum absolute atomic E-state index is 0.0121. The topological polar surface area (TPSA) is 38.8 Å². The van der Waals surface area contributed by atoms with E-state index in [-0.39, 0.29) is 17.9 Å². The Labute approximate surface area is 140 Å². The zero-order valence-electron chi connectivity index (χ0n) is 12.6. The van der Waals surface area contributed by atoms with Crippen molar-refractivity contribution < 1.29 is 14.3 Å². The maximum Gasteiger partial charge on any atom is 0.229 e. The average Bonchev–Trinajstić information content (AvgIpc) is 2.94. The van der Waals surface area contributed by atoms with Crippen LogP contribution in [0.25, 0.3) is 0 Å². The van der Waals surface area contributed by atoms with Gasteiger partial charge in [0.2, 0.25) is 5.91 Å². The Bertz CT molecular complexity index is 591. The number of hydrogen-bond donors (Lipinski definition) is 0. The molecular formula is C16H19Cl2NO3. The second-order valence-corrected chi connectivity index (χ2v) is 7.36. The van der Waals surface area contributed by atoms with Crippen LogP contribution in [0.2, 0.25) is 0 Å². The van der Waals surface area contributed by atoms with Gasteiger partial charge in [-0.2, -0.15) is 0 Å². The summed E-state index contributed by atoms with van der Waals surface area (Å²) in [5, 5.41) is 0. The largest absolute Gasteiger partial charge is 0.497 e. The molecule has 2 aliphatic rings. The lowest BCUT2D eigenvalue weighted by atomic mass is 10.0. The maximum atomic E-state index is 12.6. The number of carbonyl (C=O) groups excluding carboxylic acids is 1. The lowest BCUT2D eigenvalue weighted by Gasteiger charge is -2.27. The zero-order valence-corrected chi connectivity index (χ0v) is 14.2. The van der Waals surface area contributed by atoms with Crippen molar-refractivity contribution >= 4 is 29.1 Å². The average molecular weight is 344 g/mol. The van der Waals surface area contributed by atoms with Gasteiger partial charge in [-0.3, -0.25) is 4.79 Å². The Hall–Kier alpha value is -1.13. The van der Waals surface area contributed by atoms with Crippen LogP contribution >= 0.6 is 23.2 Å². The van der Waals surface area contributed by atoms with Crippen molar-refractivity contribution in [3.8, 4) is 11.5 Å². The molecule has 22 heavy (non-hydrogen) atoms. The van der Waals surface area contributed by atoms with E-state index >= 15 is 0 Å². The van der Waals surface area contributed by atoms with Crippen LogP contribution in [0.3, 0.4) is 0 Å². The Morgan fingerprint density at radius 2 is 2.05 bits per heavy atom. The number of ether oxygens (including phenoxy) is 2. The number of nitrogens with zero attached hydrogens (tertiary/aromatic N) is 1. The van der Waals surface area contributed by atoms with Crippen LogP contribution in [-0.2, 0) is 4.79 Å². The monoisotopic (exact) mass is 343 g/mol. The highest BCUT2D eigenvalue weighted by molar-refractivity contribution is 6.52. The molecule has 0 aromatic heterocycles. The van der Waals surface area contributed by atoms with Crippen LogP contribution in [0.4, 0.5) is 0 Å². The smallest absolute Gasteiger partial charge is 0.229 e. The quantitative estimate of drug-likeness (QED) is 0.784. The van der Waals surface area contributed by atoms with Crippen molar-refractivity contribution in [2.45, 2.75) is 29.6 Å². The lowest BCUT2D eigenvalue weighted by molar-refractivity contribution is -0.133. The molecule has 2 atom stereocenters. The van der Waals surface area contributed by atoms with E-state index in [2.05, 4.69) is 0 Å². The molecule has 0 N–H and O–H groups in total. The molecule has 120 valence electrons. The number of benzene rings is 1. The molecule has 1 aliphatic heterocycles. The SMILES string of the molecule is COc1ccc([C@H]2CCCN2C(=O)[C@H]2CC2(Cl)Cl)c(OC)c1. The maximum absolute atomic E-state index is 12.6. The molecule has 1 aromatic carbocycles. The number of amides is 1. The van der Waals surface area contributed by atoms with Gasteiger partial charge in [0.05, 0.1) is 26.2 Å². The van der Waals surface area contributed by atoms with E-state index in [1.54, 1.807) is 14.2 Å². The predicted octanol–water partition coefficient (Wildman–Crippen LogP) is 3.56. The summed E-state index contributed by atoms with van der Waals surface area (Å²) in [6.45, 7) is 0.735. The molecule has 3 rings (SSSR count). The molecule has 1 amide bonds. The minimum Gasteiger partial charge on any atom is -0.497 e. The summed E-state index contributed by atoms with van der Waals surface area (Å²) in [6, 6.07) is 5.72.